The summed E-state index contributed by atoms with van der Waals surface area (Å²) in [5.74, 6) is -1.58. The van der Waals surface area contributed by atoms with E-state index in [0.717, 1.165) is 0 Å². The van der Waals surface area contributed by atoms with Gasteiger partial charge < -0.3 is 10.8 Å². The molecule has 70 valence electrons. The van der Waals surface area contributed by atoms with Crippen molar-refractivity contribution in [2.24, 2.45) is 0 Å². The molecule has 1 aromatic carbocycles. The van der Waals surface area contributed by atoms with Gasteiger partial charge in [0.25, 0.3) is 0 Å². The summed E-state index contributed by atoms with van der Waals surface area (Å²) in [6.45, 7) is 2.97. The summed E-state index contributed by atoms with van der Waals surface area (Å²) in [7, 11) is 0. The zero-order valence-corrected chi connectivity index (χ0v) is 7.39. The van der Waals surface area contributed by atoms with Crippen molar-refractivity contribution >= 4 is 11.7 Å². The van der Waals surface area contributed by atoms with Gasteiger partial charge in [-0.25, -0.2) is 9.18 Å². The molecular weight excluding hydrogens is 173 g/mol. The number of benzene rings is 1. The van der Waals surface area contributed by atoms with Gasteiger partial charge in [0.15, 0.2) is 0 Å². The molecule has 4 heteroatoms. The number of carboxylic acids is 1. The second-order valence-corrected chi connectivity index (χ2v) is 2.90. The maximum absolute atomic E-state index is 13.2. The number of rotatable bonds is 1. The number of nitrogens with two attached hydrogens (primary N) is 1. The van der Waals surface area contributed by atoms with Crippen molar-refractivity contribution in [2.75, 3.05) is 5.73 Å². The number of aromatic carboxylic acids is 1. The molecule has 0 fully saturated rings. The molecule has 0 saturated carbocycles. The number of anilines is 1. The van der Waals surface area contributed by atoms with E-state index in [0.29, 0.717) is 5.56 Å². The minimum Gasteiger partial charge on any atom is -0.478 e. The minimum absolute atomic E-state index is 0.00407. The second-order valence-electron chi connectivity index (χ2n) is 2.90. The van der Waals surface area contributed by atoms with Crippen LogP contribution in [0.25, 0.3) is 0 Å². The van der Waals surface area contributed by atoms with E-state index in [2.05, 4.69) is 0 Å². The molecule has 0 spiro atoms. The number of carbonyl (C=O) groups is 1. The van der Waals surface area contributed by atoms with Crippen molar-refractivity contribution in [2.45, 2.75) is 13.8 Å². The highest BCUT2D eigenvalue weighted by atomic mass is 19.1. The topological polar surface area (TPSA) is 63.3 Å². The molecule has 0 aliphatic rings. The van der Waals surface area contributed by atoms with Gasteiger partial charge in [-0.2, -0.15) is 0 Å². The summed E-state index contributed by atoms with van der Waals surface area (Å²) in [6, 6.07) is 1.24. The first kappa shape index (κ1) is 9.51. The molecule has 0 aliphatic heterocycles. The van der Waals surface area contributed by atoms with E-state index in [1.807, 2.05) is 0 Å². The molecule has 0 radical (unpaired) electrons. The first-order valence-electron chi connectivity index (χ1n) is 3.73. The van der Waals surface area contributed by atoms with Crippen LogP contribution < -0.4 is 5.73 Å². The average molecular weight is 183 g/mol. The summed E-state index contributed by atoms with van der Waals surface area (Å²) in [5, 5.41) is 8.70. The molecule has 3 N–H and O–H groups in total. The molecule has 13 heavy (non-hydrogen) atoms. The lowest BCUT2D eigenvalue weighted by Crippen LogP contribution is -2.07. The van der Waals surface area contributed by atoms with E-state index in [-0.39, 0.29) is 16.8 Å². The lowest BCUT2D eigenvalue weighted by atomic mass is 10.0. The lowest BCUT2D eigenvalue weighted by Gasteiger charge is -2.07. The van der Waals surface area contributed by atoms with Crippen molar-refractivity contribution < 1.29 is 14.3 Å². The van der Waals surface area contributed by atoms with Crippen LogP contribution in [-0.4, -0.2) is 11.1 Å². The van der Waals surface area contributed by atoms with Crippen LogP contribution in [0.15, 0.2) is 6.07 Å². The molecule has 0 aromatic heterocycles. The number of nitrogen functional groups attached to an aromatic ring is 1. The largest absolute Gasteiger partial charge is 0.478 e. The van der Waals surface area contributed by atoms with Crippen LogP contribution in [0.5, 0.6) is 0 Å². The van der Waals surface area contributed by atoms with E-state index >= 15 is 0 Å². The van der Waals surface area contributed by atoms with Crippen molar-refractivity contribution in [1.82, 2.24) is 0 Å². The minimum atomic E-state index is -1.14. The summed E-state index contributed by atoms with van der Waals surface area (Å²) < 4.78 is 13.2. The van der Waals surface area contributed by atoms with E-state index in [9.17, 15) is 9.18 Å². The van der Waals surface area contributed by atoms with Gasteiger partial charge in [-0.1, -0.05) is 0 Å². The van der Waals surface area contributed by atoms with Crippen LogP contribution >= 0.6 is 0 Å². The predicted molar refractivity (Wildman–Crippen MR) is 47.2 cm³/mol. The SMILES string of the molecule is Cc1cc(C(=O)O)c(N)c(C)c1F. The predicted octanol–water partition coefficient (Wildman–Crippen LogP) is 1.72. The van der Waals surface area contributed by atoms with Gasteiger partial charge in [-0.3, -0.25) is 0 Å². The molecule has 1 aromatic rings. The Morgan fingerprint density at radius 1 is 1.54 bits per heavy atom. The van der Waals surface area contributed by atoms with E-state index < -0.39 is 11.8 Å². The molecule has 0 unspecified atom stereocenters. The third-order valence-electron chi connectivity index (χ3n) is 1.96. The molecule has 1 rings (SSSR count). The number of hydrogen-bond donors (Lipinski definition) is 2. The van der Waals surface area contributed by atoms with E-state index in [1.54, 1.807) is 0 Å². The Morgan fingerprint density at radius 2 is 2.08 bits per heavy atom. The Balaban J connectivity index is 3.50. The third-order valence-corrected chi connectivity index (χ3v) is 1.96. The van der Waals surface area contributed by atoms with Gasteiger partial charge in [-0.05, 0) is 25.5 Å². The van der Waals surface area contributed by atoms with Gasteiger partial charge in [0, 0.05) is 5.56 Å². The fraction of sp³-hybridized carbons (Fsp3) is 0.222. The summed E-state index contributed by atoms with van der Waals surface area (Å²) >= 11 is 0. The Kier molecular flexibility index (Phi) is 2.23. The normalized spacial score (nSPS) is 10.1. The van der Waals surface area contributed by atoms with Crippen LogP contribution in [0.3, 0.4) is 0 Å². The lowest BCUT2D eigenvalue weighted by molar-refractivity contribution is 0.0698. The van der Waals surface area contributed by atoms with Crippen LogP contribution in [0.2, 0.25) is 0 Å². The molecule has 0 amide bonds. The fourth-order valence-electron chi connectivity index (χ4n) is 1.15. The quantitative estimate of drug-likeness (QED) is 0.651. The summed E-state index contributed by atoms with van der Waals surface area (Å²) in [6.07, 6.45) is 0. The zero-order chi connectivity index (χ0) is 10.2. The third kappa shape index (κ3) is 1.47. The maximum atomic E-state index is 13.2. The smallest absolute Gasteiger partial charge is 0.337 e. The molecule has 0 atom stereocenters. The van der Waals surface area contributed by atoms with Gasteiger partial charge in [-0.15, -0.1) is 0 Å². The maximum Gasteiger partial charge on any atom is 0.337 e. The van der Waals surface area contributed by atoms with Gasteiger partial charge in [0.2, 0.25) is 0 Å². The van der Waals surface area contributed by atoms with E-state index in [1.165, 1.54) is 19.9 Å². The first-order valence-corrected chi connectivity index (χ1v) is 3.73. The number of carboxylic acid groups (broad SMARTS) is 1. The average Bonchev–Trinajstić information content (AvgIpc) is 2.07. The van der Waals surface area contributed by atoms with Crippen LogP contribution in [0.4, 0.5) is 10.1 Å². The highest BCUT2D eigenvalue weighted by Gasteiger charge is 2.14. The fourth-order valence-corrected chi connectivity index (χ4v) is 1.15. The number of aryl methyl sites for hydroxylation is 1. The monoisotopic (exact) mass is 183 g/mol. The Hall–Kier alpha value is -1.58. The van der Waals surface area contributed by atoms with Crippen LogP contribution in [-0.2, 0) is 0 Å². The van der Waals surface area contributed by atoms with Gasteiger partial charge >= 0.3 is 5.97 Å². The number of halogens is 1. The molecule has 0 bridgehead atoms. The molecular formula is C9H10FNO2. The Bertz CT molecular complexity index is 374. The second kappa shape index (κ2) is 3.05. The standard InChI is InChI=1S/C9H10FNO2/c1-4-3-6(9(12)13)8(11)5(2)7(4)10/h3H,11H2,1-2H3,(H,12,13). The van der Waals surface area contributed by atoms with Gasteiger partial charge in [0.1, 0.15) is 5.82 Å². The van der Waals surface area contributed by atoms with Gasteiger partial charge in [0.05, 0.1) is 11.3 Å². The van der Waals surface area contributed by atoms with Crippen molar-refractivity contribution in [1.29, 1.82) is 0 Å². The molecule has 3 nitrogen and oxygen atoms in total. The van der Waals surface area contributed by atoms with Crippen LogP contribution in [0.1, 0.15) is 21.5 Å². The number of hydrogen-bond acceptors (Lipinski definition) is 2. The van der Waals surface area contributed by atoms with Crippen molar-refractivity contribution in [3.05, 3.63) is 28.6 Å². The molecule has 0 aliphatic carbocycles. The molecule has 0 heterocycles. The Morgan fingerprint density at radius 3 is 2.54 bits per heavy atom. The Labute approximate surface area is 75.0 Å². The van der Waals surface area contributed by atoms with Crippen molar-refractivity contribution in [3.8, 4) is 0 Å². The first-order chi connectivity index (χ1) is 5.95. The van der Waals surface area contributed by atoms with E-state index in [4.69, 9.17) is 10.8 Å². The highest BCUT2D eigenvalue weighted by molar-refractivity contribution is 5.94. The zero-order valence-electron chi connectivity index (χ0n) is 7.39. The van der Waals surface area contributed by atoms with Crippen molar-refractivity contribution in [3.63, 3.8) is 0 Å². The summed E-state index contributed by atoms with van der Waals surface area (Å²) in [4.78, 5) is 10.6. The highest BCUT2D eigenvalue weighted by Crippen LogP contribution is 2.23. The van der Waals surface area contributed by atoms with Crippen LogP contribution in [0, 0.1) is 19.7 Å². The molecule has 0 saturated heterocycles. The summed E-state index contributed by atoms with van der Waals surface area (Å²) in [5.41, 5.74) is 5.87.